The first kappa shape index (κ1) is 10.0. The van der Waals surface area contributed by atoms with Crippen molar-refractivity contribution in [2.75, 3.05) is 0 Å². The highest BCUT2D eigenvalue weighted by Gasteiger charge is 2.08. The predicted molar refractivity (Wildman–Crippen MR) is 62.0 cm³/mol. The van der Waals surface area contributed by atoms with Gasteiger partial charge in [0.1, 0.15) is 16.8 Å². The Morgan fingerprint density at radius 2 is 2.07 bits per heavy atom. The lowest BCUT2D eigenvalue weighted by Gasteiger charge is -2.03. The summed E-state index contributed by atoms with van der Waals surface area (Å²) in [7, 11) is 0. The minimum absolute atomic E-state index is 0.296. The second kappa shape index (κ2) is 3.58. The highest BCUT2D eigenvalue weighted by Crippen LogP contribution is 2.25. The van der Waals surface area contributed by atoms with E-state index in [1.54, 1.807) is 6.92 Å². The average Bonchev–Trinajstić information content (AvgIpc) is 2.07. The van der Waals surface area contributed by atoms with Gasteiger partial charge in [0.2, 0.25) is 0 Å². The Labute approximate surface area is 98.6 Å². The van der Waals surface area contributed by atoms with E-state index < -0.39 is 0 Å². The Kier molecular flexibility index (Phi) is 2.57. The maximum Gasteiger partial charge on any atom is 0.140 e. The molecule has 0 amide bonds. The summed E-state index contributed by atoms with van der Waals surface area (Å²) < 4.78 is 13.8. The molecule has 0 atom stereocenters. The molecule has 2 rings (SSSR count). The van der Waals surface area contributed by atoms with E-state index in [-0.39, 0.29) is 5.82 Å². The second-order valence-corrected chi connectivity index (χ2v) is 4.37. The van der Waals surface area contributed by atoms with Gasteiger partial charge in [-0.2, -0.15) is 0 Å². The summed E-state index contributed by atoms with van der Waals surface area (Å²) >= 11 is 7.91. The fourth-order valence-corrected chi connectivity index (χ4v) is 2.20. The summed E-state index contributed by atoms with van der Waals surface area (Å²) in [4.78, 5) is 8.18. The zero-order chi connectivity index (χ0) is 10.3. The molecule has 1 aromatic carbocycles. The largest absolute Gasteiger partial charge is 0.232 e. The van der Waals surface area contributed by atoms with E-state index in [2.05, 4.69) is 9.97 Å². The molecule has 2 aromatic rings. The maximum absolute atomic E-state index is 13.1. The zero-order valence-corrected chi connectivity index (χ0v) is 10.1. The number of benzene rings is 1. The first-order valence-electron chi connectivity index (χ1n) is 3.87. The molecule has 0 fully saturated rings. The van der Waals surface area contributed by atoms with Gasteiger partial charge in [-0.3, -0.25) is 0 Å². The van der Waals surface area contributed by atoms with Crippen LogP contribution in [0, 0.1) is 16.3 Å². The van der Waals surface area contributed by atoms with Gasteiger partial charge in [-0.1, -0.05) is 11.6 Å². The molecule has 0 aliphatic heterocycles. The Morgan fingerprint density at radius 1 is 1.36 bits per heavy atom. The number of rotatable bonds is 0. The van der Waals surface area contributed by atoms with Crippen LogP contribution in [0.4, 0.5) is 4.39 Å². The van der Waals surface area contributed by atoms with Gasteiger partial charge in [-0.05, 0) is 41.6 Å². The molecule has 0 bridgehead atoms. The van der Waals surface area contributed by atoms with E-state index in [4.69, 9.17) is 11.6 Å². The second-order valence-electron chi connectivity index (χ2n) is 2.85. The Morgan fingerprint density at radius 3 is 2.79 bits per heavy atom. The number of hydrogen-bond donors (Lipinski definition) is 0. The third kappa shape index (κ3) is 1.68. The summed E-state index contributed by atoms with van der Waals surface area (Å²) in [5.41, 5.74) is 0.699. The lowest BCUT2D eigenvalue weighted by atomic mass is 10.2. The molecule has 0 aliphatic rings. The number of nitrogens with zero attached hydrogens (tertiary/aromatic N) is 2. The summed E-state index contributed by atoms with van der Waals surface area (Å²) in [6.45, 7) is 1.75. The summed E-state index contributed by atoms with van der Waals surface area (Å²) in [6, 6.07) is 2.77. The van der Waals surface area contributed by atoms with Crippen LogP contribution in [0.3, 0.4) is 0 Å². The minimum atomic E-state index is -0.323. The number of fused-ring (bicyclic) bond motifs is 1. The highest BCUT2D eigenvalue weighted by molar-refractivity contribution is 14.1. The molecule has 1 aromatic heterocycles. The normalized spacial score (nSPS) is 10.9. The van der Waals surface area contributed by atoms with Gasteiger partial charge < -0.3 is 0 Å². The van der Waals surface area contributed by atoms with Crippen LogP contribution in [-0.2, 0) is 0 Å². The van der Waals surface area contributed by atoms with Gasteiger partial charge >= 0.3 is 0 Å². The van der Waals surface area contributed by atoms with E-state index in [0.717, 1.165) is 3.57 Å². The molecule has 0 aliphatic carbocycles. The first-order chi connectivity index (χ1) is 6.58. The van der Waals surface area contributed by atoms with E-state index >= 15 is 0 Å². The van der Waals surface area contributed by atoms with Crippen LogP contribution < -0.4 is 0 Å². The molecule has 2 nitrogen and oxygen atoms in total. The van der Waals surface area contributed by atoms with Gasteiger partial charge in [0.05, 0.1) is 5.52 Å². The Balaban J connectivity index is 2.94. The van der Waals surface area contributed by atoms with Crippen molar-refractivity contribution in [3.05, 3.63) is 32.5 Å². The van der Waals surface area contributed by atoms with Crippen molar-refractivity contribution in [3.8, 4) is 0 Å². The molecule has 72 valence electrons. The summed E-state index contributed by atoms with van der Waals surface area (Å²) in [5.74, 6) is 0.267. The van der Waals surface area contributed by atoms with Crippen molar-refractivity contribution in [2.24, 2.45) is 0 Å². The van der Waals surface area contributed by atoms with Gasteiger partial charge in [0.25, 0.3) is 0 Å². The lowest BCUT2D eigenvalue weighted by molar-refractivity contribution is 0.628. The fourth-order valence-electron chi connectivity index (χ4n) is 1.23. The third-order valence-corrected chi connectivity index (χ3v) is 2.89. The van der Waals surface area contributed by atoms with E-state index in [0.29, 0.717) is 21.9 Å². The summed E-state index contributed by atoms with van der Waals surface area (Å²) in [6.07, 6.45) is 0. The molecule has 0 saturated carbocycles. The Hall–Kier alpha value is -0.490. The van der Waals surface area contributed by atoms with Crippen molar-refractivity contribution in [3.63, 3.8) is 0 Å². The van der Waals surface area contributed by atoms with Crippen LogP contribution in [-0.4, -0.2) is 9.97 Å². The van der Waals surface area contributed by atoms with Crippen LogP contribution in [0.25, 0.3) is 10.9 Å². The maximum atomic E-state index is 13.1. The summed E-state index contributed by atoms with van der Waals surface area (Å²) in [5, 5.41) is 0.853. The fraction of sp³-hybridized carbons (Fsp3) is 0.111. The molecule has 1 heterocycles. The van der Waals surface area contributed by atoms with Gasteiger partial charge in [-0.15, -0.1) is 0 Å². The minimum Gasteiger partial charge on any atom is -0.232 e. The van der Waals surface area contributed by atoms with Gasteiger partial charge in [0.15, 0.2) is 0 Å². The third-order valence-electron chi connectivity index (χ3n) is 1.78. The van der Waals surface area contributed by atoms with E-state index in [1.165, 1.54) is 12.1 Å². The van der Waals surface area contributed by atoms with Gasteiger partial charge in [0, 0.05) is 8.96 Å². The predicted octanol–water partition coefficient (Wildman–Crippen LogP) is 3.34. The van der Waals surface area contributed by atoms with Crippen molar-refractivity contribution < 1.29 is 4.39 Å². The van der Waals surface area contributed by atoms with E-state index in [1.807, 2.05) is 22.6 Å². The Bertz CT molecular complexity index is 468. The van der Waals surface area contributed by atoms with Crippen molar-refractivity contribution in [1.29, 1.82) is 0 Å². The van der Waals surface area contributed by atoms with Crippen LogP contribution in [0.2, 0.25) is 5.15 Å². The molecule has 5 heteroatoms. The van der Waals surface area contributed by atoms with Crippen molar-refractivity contribution >= 4 is 45.1 Å². The lowest BCUT2D eigenvalue weighted by Crippen LogP contribution is -1.93. The standard InChI is InChI=1S/C9H5ClFIN2/c1-4-13-8-6(9(10)14-4)2-5(11)3-7(8)12/h2-3H,1H3. The van der Waals surface area contributed by atoms with Crippen LogP contribution >= 0.6 is 34.2 Å². The zero-order valence-electron chi connectivity index (χ0n) is 7.18. The van der Waals surface area contributed by atoms with Crippen LogP contribution in [0.15, 0.2) is 12.1 Å². The molecular formula is C9H5ClFIN2. The quantitative estimate of drug-likeness (QED) is 0.549. The molecule has 0 unspecified atom stereocenters. The van der Waals surface area contributed by atoms with Gasteiger partial charge in [-0.25, -0.2) is 14.4 Å². The highest BCUT2D eigenvalue weighted by atomic mass is 127. The van der Waals surface area contributed by atoms with E-state index in [9.17, 15) is 4.39 Å². The number of aryl methyl sites for hydroxylation is 1. The SMILES string of the molecule is Cc1nc(Cl)c2cc(F)cc(I)c2n1. The number of hydrogen-bond acceptors (Lipinski definition) is 2. The molecular weight excluding hydrogens is 317 g/mol. The molecule has 14 heavy (non-hydrogen) atoms. The monoisotopic (exact) mass is 322 g/mol. The van der Waals surface area contributed by atoms with Crippen molar-refractivity contribution in [2.45, 2.75) is 6.92 Å². The first-order valence-corrected chi connectivity index (χ1v) is 5.32. The topological polar surface area (TPSA) is 25.8 Å². The number of aromatic nitrogens is 2. The van der Waals surface area contributed by atoms with Crippen LogP contribution in [0.5, 0.6) is 0 Å². The molecule has 0 spiro atoms. The molecule has 0 radical (unpaired) electrons. The number of halogens is 3. The molecule has 0 saturated heterocycles. The molecule has 0 N–H and O–H groups in total. The van der Waals surface area contributed by atoms with Crippen molar-refractivity contribution in [1.82, 2.24) is 9.97 Å². The average molecular weight is 323 g/mol. The smallest absolute Gasteiger partial charge is 0.140 e. The van der Waals surface area contributed by atoms with Crippen LogP contribution in [0.1, 0.15) is 5.82 Å².